The number of esters is 1. The zero-order valence-corrected chi connectivity index (χ0v) is 17.2. The van der Waals surface area contributed by atoms with Crippen LogP contribution in [-0.4, -0.2) is 39.4 Å². The van der Waals surface area contributed by atoms with Crippen LogP contribution in [0, 0.1) is 6.92 Å². The topological polar surface area (TPSA) is 79.1 Å². The number of benzene rings is 2. The van der Waals surface area contributed by atoms with E-state index in [-0.39, 0.29) is 12.3 Å². The van der Waals surface area contributed by atoms with Gasteiger partial charge in [-0.2, -0.15) is 5.10 Å². The molecule has 0 bridgehead atoms. The second-order valence-electron chi connectivity index (χ2n) is 6.60. The molecule has 0 aliphatic carbocycles. The van der Waals surface area contributed by atoms with E-state index >= 15 is 0 Å². The number of hydrogen-bond donors (Lipinski definition) is 0. The normalized spacial score (nSPS) is 11.2. The van der Waals surface area contributed by atoms with Crippen molar-refractivity contribution in [3.05, 3.63) is 46.7 Å². The SMILES string of the molecule is CCOC(=O)c1nc(-c2cc3cn(C)nc3c(C)c2OC)nc2ccc(Cl)cc12. The van der Waals surface area contributed by atoms with E-state index in [1.54, 1.807) is 36.9 Å². The quantitative estimate of drug-likeness (QED) is 0.466. The lowest BCUT2D eigenvalue weighted by Gasteiger charge is -2.13. The van der Waals surface area contributed by atoms with E-state index in [0.29, 0.717) is 33.1 Å². The van der Waals surface area contributed by atoms with E-state index < -0.39 is 5.97 Å². The van der Waals surface area contributed by atoms with Gasteiger partial charge in [0, 0.05) is 34.6 Å². The number of fused-ring (bicyclic) bond motifs is 2. The summed E-state index contributed by atoms with van der Waals surface area (Å²) in [6.45, 7) is 3.92. The molecule has 2 aromatic heterocycles. The van der Waals surface area contributed by atoms with Crippen LogP contribution in [0.15, 0.2) is 30.5 Å². The Kier molecular flexibility index (Phi) is 4.84. The molecule has 2 aromatic carbocycles. The second-order valence-corrected chi connectivity index (χ2v) is 7.04. The van der Waals surface area contributed by atoms with Gasteiger partial charge in [-0.3, -0.25) is 4.68 Å². The molecule has 29 heavy (non-hydrogen) atoms. The number of carbonyl (C=O) groups is 1. The minimum absolute atomic E-state index is 0.167. The number of carbonyl (C=O) groups excluding carboxylic acids is 1. The minimum atomic E-state index is -0.526. The molecule has 0 aliphatic rings. The highest BCUT2D eigenvalue weighted by Gasteiger charge is 2.21. The fraction of sp³-hybridized carbons (Fsp3) is 0.238. The second kappa shape index (κ2) is 7.33. The van der Waals surface area contributed by atoms with Crippen LogP contribution in [0.25, 0.3) is 33.2 Å². The number of rotatable bonds is 4. The molecule has 0 amide bonds. The Labute approximate surface area is 172 Å². The van der Waals surface area contributed by atoms with Crippen molar-refractivity contribution in [2.75, 3.05) is 13.7 Å². The fourth-order valence-electron chi connectivity index (χ4n) is 3.44. The van der Waals surface area contributed by atoms with E-state index in [0.717, 1.165) is 16.5 Å². The van der Waals surface area contributed by atoms with Crippen LogP contribution >= 0.6 is 11.6 Å². The summed E-state index contributed by atoms with van der Waals surface area (Å²) in [7, 11) is 3.45. The van der Waals surface area contributed by atoms with Crippen molar-refractivity contribution in [3.63, 3.8) is 0 Å². The van der Waals surface area contributed by atoms with Crippen LogP contribution in [0.4, 0.5) is 0 Å². The van der Waals surface area contributed by atoms with Crippen LogP contribution in [0.1, 0.15) is 23.0 Å². The lowest BCUT2D eigenvalue weighted by Crippen LogP contribution is -2.10. The summed E-state index contributed by atoms with van der Waals surface area (Å²) in [5.41, 5.74) is 3.14. The standard InChI is InChI=1S/C21H19ClN4O3/c1-5-29-21(27)18-14-9-13(22)6-7-16(14)23-20(24-18)15-8-12-10-26(3)25-17(12)11(2)19(15)28-4/h6-10H,5H2,1-4H3. The predicted molar refractivity (Wildman–Crippen MR) is 112 cm³/mol. The van der Waals surface area contributed by atoms with Gasteiger partial charge in [0.15, 0.2) is 11.5 Å². The molecule has 8 heteroatoms. The molecule has 148 valence electrons. The Balaban J connectivity index is 2.03. The maximum atomic E-state index is 12.6. The maximum absolute atomic E-state index is 12.6. The lowest BCUT2D eigenvalue weighted by molar-refractivity contribution is 0.0522. The van der Waals surface area contributed by atoms with Gasteiger partial charge in [-0.05, 0) is 38.1 Å². The van der Waals surface area contributed by atoms with Crippen molar-refractivity contribution in [3.8, 4) is 17.1 Å². The van der Waals surface area contributed by atoms with Gasteiger partial charge < -0.3 is 9.47 Å². The summed E-state index contributed by atoms with van der Waals surface area (Å²) in [6.07, 6.45) is 1.92. The van der Waals surface area contributed by atoms with Gasteiger partial charge in [-0.15, -0.1) is 0 Å². The molecule has 0 spiro atoms. The first kappa shape index (κ1) is 19.1. The molecule has 0 fully saturated rings. The lowest BCUT2D eigenvalue weighted by atomic mass is 10.0. The van der Waals surface area contributed by atoms with Crippen LogP contribution in [0.3, 0.4) is 0 Å². The molecule has 0 saturated heterocycles. The van der Waals surface area contributed by atoms with Crippen molar-refractivity contribution in [1.29, 1.82) is 0 Å². The van der Waals surface area contributed by atoms with Crippen molar-refractivity contribution < 1.29 is 14.3 Å². The number of aryl methyl sites for hydroxylation is 2. The van der Waals surface area contributed by atoms with Gasteiger partial charge in [0.05, 0.1) is 30.3 Å². The first-order chi connectivity index (χ1) is 13.9. The Morgan fingerprint density at radius 3 is 2.76 bits per heavy atom. The fourth-order valence-corrected chi connectivity index (χ4v) is 3.61. The summed E-state index contributed by atoms with van der Waals surface area (Å²) in [5, 5.41) is 6.45. The summed E-state index contributed by atoms with van der Waals surface area (Å²) < 4.78 is 12.6. The molecule has 0 saturated carbocycles. The van der Waals surface area contributed by atoms with Gasteiger partial charge in [0.25, 0.3) is 0 Å². The smallest absolute Gasteiger partial charge is 0.357 e. The molecular formula is C21H19ClN4O3. The molecule has 0 unspecified atom stereocenters. The zero-order chi connectivity index (χ0) is 20.7. The third-order valence-corrected chi connectivity index (χ3v) is 4.90. The predicted octanol–water partition coefficient (Wildman–Crippen LogP) is 4.33. The molecular weight excluding hydrogens is 392 g/mol. The Hall–Kier alpha value is -3.19. The summed E-state index contributed by atoms with van der Waals surface area (Å²) >= 11 is 6.13. The number of ether oxygens (including phenoxy) is 2. The zero-order valence-electron chi connectivity index (χ0n) is 16.5. The number of nitrogens with zero attached hydrogens (tertiary/aromatic N) is 4. The summed E-state index contributed by atoms with van der Waals surface area (Å²) in [6, 6.07) is 7.07. The van der Waals surface area contributed by atoms with Crippen molar-refractivity contribution in [2.45, 2.75) is 13.8 Å². The monoisotopic (exact) mass is 410 g/mol. The maximum Gasteiger partial charge on any atom is 0.357 e. The Morgan fingerprint density at radius 1 is 1.24 bits per heavy atom. The third-order valence-electron chi connectivity index (χ3n) is 4.67. The summed E-state index contributed by atoms with van der Waals surface area (Å²) in [4.78, 5) is 21.8. The Morgan fingerprint density at radius 2 is 2.03 bits per heavy atom. The highest BCUT2D eigenvalue weighted by molar-refractivity contribution is 6.31. The molecule has 2 heterocycles. The molecule has 0 aliphatic heterocycles. The number of methoxy groups -OCH3 is 1. The number of halogens is 1. The average Bonchev–Trinajstić information content (AvgIpc) is 3.08. The van der Waals surface area contributed by atoms with Gasteiger partial charge >= 0.3 is 5.97 Å². The van der Waals surface area contributed by atoms with E-state index in [9.17, 15) is 4.79 Å². The molecule has 0 radical (unpaired) electrons. The first-order valence-corrected chi connectivity index (χ1v) is 9.46. The van der Waals surface area contributed by atoms with Crippen molar-refractivity contribution in [2.24, 2.45) is 7.05 Å². The first-order valence-electron chi connectivity index (χ1n) is 9.08. The van der Waals surface area contributed by atoms with Crippen LogP contribution in [0.2, 0.25) is 5.02 Å². The molecule has 4 aromatic rings. The van der Waals surface area contributed by atoms with E-state index in [1.165, 1.54) is 0 Å². The molecule has 0 N–H and O–H groups in total. The van der Waals surface area contributed by atoms with Gasteiger partial charge in [0.2, 0.25) is 0 Å². The van der Waals surface area contributed by atoms with Crippen LogP contribution in [0.5, 0.6) is 5.75 Å². The van der Waals surface area contributed by atoms with E-state index in [1.807, 2.05) is 26.2 Å². The summed E-state index contributed by atoms with van der Waals surface area (Å²) in [5.74, 6) is 0.453. The highest BCUT2D eigenvalue weighted by Crippen LogP contribution is 2.37. The van der Waals surface area contributed by atoms with Gasteiger partial charge in [-0.25, -0.2) is 14.8 Å². The molecule has 4 rings (SSSR count). The van der Waals surface area contributed by atoms with Gasteiger partial charge in [-0.1, -0.05) is 11.6 Å². The molecule has 7 nitrogen and oxygen atoms in total. The van der Waals surface area contributed by atoms with Crippen molar-refractivity contribution in [1.82, 2.24) is 19.7 Å². The van der Waals surface area contributed by atoms with E-state index in [2.05, 4.69) is 15.1 Å². The van der Waals surface area contributed by atoms with Crippen molar-refractivity contribution >= 4 is 39.4 Å². The third kappa shape index (κ3) is 3.27. The van der Waals surface area contributed by atoms with Gasteiger partial charge in [0.1, 0.15) is 5.75 Å². The Bertz CT molecular complexity index is 1270. The minimum Gasteiger partial charge on any atom is -0.496 e. The average molecular weight is 411 g/mol. The highest BCUT2D eigenvalue weighted by atomic mass is 35.5. The number of aromatic nitrogens is 4. The number of hydrogen-bond acceptors (Lipinski definition) is 6. The van der Waals surface area contributed by atoms with Crippen LogP contribution in [-0.2, 0) is 11.8 Å². The molecule has 0 atom stereocenters. The van der Waals surface area contributed by atoms with E-state index in [4.69, 9.17) is 21.1 Å². The largest absolute Gasteiger partial charge is 0.496 e. The van der Waals surface area contributed by atoms with Crippen LogP contribution < -0.4 is 4.74 Å².